The quantitative estimate of drug-likeness (QED) is 0.830. The number of aryl methyl sites for hydroxylation is 1. The lowest BCUT2D eigenvalue weighted by molar-refractivity contribution is 0.591. The summed E-state index contributed by atoms with van der Waals surface area (Å²) in [6.45, 7) is 3.72. The maximum absolute atomic E-state index is 12.6. The van der Waals surface area contributed by atoms with Gasteiger partial charge in [0.05, 0.1) is 23.3 Å². The van der Waals surface area contributed by atoms with Crippen LogP contribution in [0, 0.1) is 6.92 Å². The molecule has 0 aliphatic carbocycles. The van der Waals surface area contributed by atoms with Crippen LogP contribution in [0.2, 0.25) is 0 Å². The average molecular weight is 280 g/mol. The van der Waals surface area contributed by atoms with Crippen LogP contribution >= 0.6 is 0 Å². The predicted octanol–water partition coefficient (Wildman–Crippen LogP) is 1.52. The van der Waals surface area contributed by atoms with Crippen molar-refractivity contribution in [3.05, 3.63) is 36.2 Å². The van der Waals surface area contributed by atoms with Crippen molar-refractivity contribution in [1.29, 1.82) is 0 Å². The van der Waals surface area contributed by atoms with E-state index in [9.17, 15) is 8.42 Å². The minimum atomic E-state index is -3.65. The van der Waals surface area contributed by atoms with E-state index in [1.165, 1.54) is 10.5 Å². The van der Waals surface area contributed by atoms with Gasteiger partial charge in [-0.3, -0.25) is 9.40 Å². The number of H-pyrrole nitrogens is 1. The Hall–Kier alpha value is -2.02. The van der Waals surface area contributed by atoms with Gasteiger partial charge < -0.3 is 5.73 Å². The lowest BCUT2D eigenvalue weighted by atomic mass is 10.3. The molecule has 0 bridgehead atoms. The number of aromatic nitrogens is 2. The summed E-state index contributed by atoms with van der Waals surface area (Å²) >= 11 is 0. The summed E-state index contributed by atoms with van der Waals surface area (Å²) in [5.74, 6) is 0. The van der Waals surface area contributed by atoms with Crippen LogP contribution in [-0.2, 0) is 10.0 Å². The third kappa shape index (κ3) is 2.28. The van der Waals surface area contributed by atoms with Gasteiger partial charge in [0.25, 0.3) is 10.0 Å². The van der Waals surface area contributed by atoms with Gasteiger partial charge in [-0.2, -0.15) is 5.10 Å². The van der Waals surface area contributed by atoms with E-state index >= 15 is 0 Å². The molecule has 1 aromatic carbocycles. The van der Waals surface area contributed by atoms with Crippen molar-refractivity contribution in [2.45, 2.75) is 18.7 Å². The summed E-state index contributed by atoms with van der Waals surface area (Å²) in [6.07, 6.45) is 1.31. The molecule has 102 valence electrons. The van der Waals surface area contributed by atoms with Crippen molar-refractivity contribution >= 4 is 21.4 Å². The second kappa shape index (κ2) is 4.93. The fraction of sp³-hybridized carbons (Fsp3) is 0.250. The third-order valence-corrected chi connectivity index (χ3v) is 4.85. The van der Waals surface area contributed by atoms with Crippen LogP contribution in [0.1, 0.15) is 12.6 Å². The number of nitrogen functional groups attached to an aromatic ring is 1. The Labute approximate surface area is 112 Å². The number of sulfonamides is 1. The Morgan fingerprint density at radius 2 is 2.05 bits per heavy atom. The highest BCUT2D eigenvalue weighted by atomic mass is 32.2. The van der Waals surface area contributed by atoms with Crippen molar-refractivity contribution in [1.82, 2.24) is 10.2 Å². The normalized spacial score (nSPS) is 11.5. The van der Waals surface area contributed by atoms with Gasteiger partial charge in [-0.25, -0.2) is 8.42 Å². The van der Waals surface area contributed by atoms with Gasteiger partial charge in [-0.05, 0) is 26.0 Å². The number of nitrogens with one attached hydrogen (secondary N) is 1. The fourth-order valence-corrected chi connectivity index (χ4v) is 3.52. The van der Waals surface area contributed by atoms with Crippen LogP contribution in [0.4, 0.5) is 11.4 Å². The molecule has 2 aromatic rings. The molecule has 0 amide bonds. The van der Waals surface area contributed by atoms with Gasteiger partial charge >= 0.3 is 0 Å². The highest BCUT2D eigenvalue weighted by Gasteiger charge is 2.27. The molecule has 3 N–H and O–H groups in total. The molecule has 0 aliphatic rings. The zero-order chi connectivity index (χ0) is 14.0. The molecular weight excluding hydrogens is 264 g/mol. The summed E-state index contributed by atoms with van der Waals surface area (Å²) in [4.78, 5) is 0.164. The second-order valence-electron chi connectivity index (χ2n) is 4.09. The Kier molecular flexibility index (Phi) is 3.48. The monoisotopic (exact) mass is 280 g/mol. The van der Waals surface area contributed by atoms with Crippen molar-refractivity contribution in [2.24, 2.45) is 0 Å². The summed E-state index contributed by atoms with van der Waals surface area (Å²) in [5.41, 5.74) is 7.27. The number of hydrogen-bond donors (Lipinski definition) is 2. The number of nitrogens with two attached hydrogens (primary N) is 1. The molecule has 1 aromatic heterocycles. The maximum Gasteiger partial charge on any atom is 0.267 e. The molecule has 0 spiro atoms. The summed E-state index contributed by atoms with van der Waals surface area (Å²) in [7, 11) is -3.65. The minimum absolute atomic E-state index is 0.164. The molecule has 6 nitrogen and oxygen atoms in total. The molecule has 0 radical (unpaired) electrons. The van der Waals surface area contributed by atoms with E-state index in [0.29, 0.717) is 23.6 Å². The Morgan fingerprint density at radius 3 is 2.58 bits per heavy atom. The van der Waals surface area contributed by atoms with E-state index < -0.39 is 10.0 Å². The van der Waals surface area contributed by atoms with Crippen LogP contribution in [-0.4, -0.2) is 25.2 Å². The smallest absolute Gasteiger partial charge is 0.267 e. The number of para-hydroxylation sites is 2. The zero-order valence-corrected chi connectivity index (χ0v) is 11.6. The molecule has 2 rings (SSSR count). The zero-order valence-electron chi connectivity index (χ0n) is 10.8. The average Bonchev–Trinajstić information content (AvgIpc) is 2.79. The van der Waals surface area contributed by atoms with Crippen molar-refractivity contribution < 1.29 is 8.42 Å². The lowest BCUT2D eigenvalue weighted by Gasteiger charge is -2.23. The number of benzene rings is 1. The van der Waals surface area contributed by atoms with E-state index in [4.69, 9.17) is 5.73 Å². The van der Waals surface area contributed by atoms with Gasteiger partial charge in [0.15, 0.2) is 0 Å². The van der Waals surface area contributed by atoms with Gasteiger partial charge in [-0.1, -0.05) is 12.1 Å². The second-order valence-corrected chi connectivity index (χ2v) is 5.92. The fourth-order valence-electron chi connectivity index (χ4n) is 1.90. The van der Waals surface area contributed by atoms with Crippen LogP contribution in [0.3, 0.4) is 0 Å². The highest BCUT2D eigenvalue weighted by molar-refractivity contribution is 7.92. The molecule has 0 aliphatic heterocycles. The van der Waals surface area contributed by atoms with Crippen molar-refractivity contribution in [3.63, 3.8) is 0 Å². The first kappa shape index (κ1) is 13.4. The van der Waals surface area contributed by atoms with Crippen molar-refractivity contribution in [3.8, 4) is 0 Å². The Morgan fingerprint density at radius 1 is 1.37 bits per heavy atom. The molecule has 7 heteroatoms. The van der Waals surface area contributed by atoms with Gasteiger partial charge in [0, 0.05) is 6.54 Å². The first-order chi connectivity index (χ1) is 8.98. The first-order valence-corrected chi connectivity index (χ1v) is 7.29. The maximum atomic E-state index is 12.6. The number of anilines is 2. The Balaban J connectivity index is 2.55. The highest BCUT2D eigenvalue weighted by Crippen LogP contribution is 2.28. The van der Waals surface area contributed by atoms with Crippen LogP contribution in [0.5, 0.6) is 0 Å². The molecule has 1 heterocycles. The SMILES string of the molecule is CCN(c1ccccc1N)S(=O)(=O)c1cn[nH]c1C. The van der Waals surface area contributed by atoms with Crippen molar-refractivity contribution in [2.75, 3.05) is 16.6 Å². The molecule has 0 fully saturated rings. The summed E-state index contributed by atoms with van der Waals surface area (Å²) < 4.78 is 26.5. The molecule has 0 atom stereocenters. The van der Waals surface area contributed by atoms with E-state index in [2.05, 4.69) is 10.2 Å². The van der Waals surface area contributed by atoms with Crippen LogP contribution in [0.25, 0.3) is 0 Å². The Bertz CT molecular complexity index is 679. The predicted molar refractivity (Wildman–Crippen MR) is 74.4 cm³/mol. The van der Waals surface area contributed by atoms with Crippen LogP contribution < -0.4 is 10.0 Å². The van der Waals surface area contributed by atoms with E-state index in [0.717, 1.165) is 0 Å². The topological polar surface area (TPSA) is 92.1 Å². The molecule has 0 unspecified atom stereocenters. The standard InChI is InChI=1S/C12H16N4O2S/c1-3-16(11-7-5-4-6-10(11)13)19(17,18)12-8-14-15-9(12)2/h4-8H,3,13H2,1-2H3,(H,14,15). The first-order valence-electron chi connectivity index (χ1n) is 5.85. The molecule has 0 saturated carbocycles. The summed E-state index contributed by atoms with van der Waals surface area (Å²) in [6, 6.07) is 6.88. The number of hydrogen-bond acceptors (Lipinski definition) is 4. The van der Waals surface area contributed by atoms with E-state index in [1.54, 1.807) is 38.1 Å². The molecule has 0 saturated heterocycles. The molecule has 19 heavy (non-hydrogen) atoms. The number of nitrogens with zero attached hydrogens (tertiary/aromatic N) is 2. The minimum Gasteiger partial charge on any atom is -0.397 e. The number of rotatable bonds is 4. The van der Waals surface area contributed by atoms with Crippen LogP contribution in [0.15, 0.2) is 35.4 Å². The largest absolute Gasteiger partial charge is 0.397 e. The van der Waals surface area contributed by atoms with E-state index in [-0.39, 0.29) is 4.90 Å². The van der Waals surface area contributed by atoms with Gasteiger partial charge in [-0.15, -0.1) is 0 Å². The molecular formula is C12H16N4O2S. The van der Waals surface area contributed by atoms with E-state index in [1.807, 2.05) is 0 Å². The van der Waals surface area contributed by atoms with Gasteiger partial charge in [0.1, 0.15) is 4.90 Å². The summed E-state index contributed by atoms with van der Waals surface area (Å²) in [5, 5.41) is 6.39. The number of aromatic amines is 1. The third-order valence-electron chi connectivity index (χ3n) is 2.84. The lowest BCUT2D eigenvalue weighted by Crippen LogP contribution is -2.31. The van der Waals surface area contributed by atoms with Gasteiger partial charge in [0.2, 0.25) is 0 Å².